The molecule has 0 radical (unpaired) electrons. The van der Waals surface area contributed by atoms with E-state index in [2.05, 4.69) is 15.6 Å². The number of hydrogen-bond acceptors (Lipinski definition) is 4. The zero-order chi connectivity index (χ0) is 18.9. The maximum atomic E-state index is 12.7. The van der Waals surface area contributed by atoms with Crippen molar-refractivity contribution in [2.45, 2.75) is 31.5 Å². The number of carbonyl (C=O) groups is 2. The van der Waals surface area contributed by atoms with Gasteiger partial charge in [-0.15, -0.1) is 0 Å². The fraction of sp³-hybridized carbons (Fsp3) is 0.562. The number of nitrogens with zero attached hydrogens (tertiary/aromatic N) is 2. The van der Waals surface area contributed by atoms with Crippen molar-refractivity contribution in [3.8, 4) is 5.75 Å². The molecular formula is C16H19F3N4O3. The molecule has 2 N–H and O–H groups in total. The van der Waals surface area contributed by atoms with E-state index >= 15 is 0 Å². The van der Waals surface area contributed by atoms with Crippen molar-refractivity contribution in [2.75, 3.05) is 25.5 Å². The van der Waals surface area contributed by atoms with Crippen LogP contribution in [0.15, 0.2) is 12.3 Å². The second kappa shape index (κ2) is 7.00. The summed E-state index contributed by atoms with van der Waals surface area (Å²) in [6, 6.07) is 0.477. The van der Waals surface area contributed by atoms with Gasteiger partial charge < -0.3 is 20.3 Å². The van der Waals surface area contributed by atoms with Gasteiger partial charge in [0, 0.05) is 37.5 Å². The van der Waals surface area contributed by atoms with Crippen molar-refractivity contribution in [3.63, 3.8) is 0 Å². The van der Waals surface area contributed by atoms with Crippen molar-refractivity contribution >= 4 is 17.6 Å². The molecule has 142 valence electrons. The molecule has 0 unspecified atom stereocenters. The largest absolute Gasteiger partial charge is 0.494 e. The van der Waals surface area contributed by atoms with E-state index in [4.69, 9.17) is 4.74 Å². The first-order valence-corrected chi connectivity index (χ1v) is 8.23. The summed E-state index contributed by atoms with van der Waals surface area (Å²) in [7, 11) is 1.20. The molecule has 1 atom stereocenters. The smallest absolute Gasteiger partial charge is 0.433 e. The maximum absolute atomic E-state index is 12.7. The number of alkyl halides is 3. The van der Waals surface area contributed by atoms with Gasteiger partial charge in [0.2, 0.25) is 5.91 Å². The van der Waals surface area contributed by atoms with Crippen LogP contribution in [0.2, 0.25) is 0 Å². The lowest BCUT2D eigenvalue weighted by Gasteiger charge is -2.16. The summed E-state index contributed by atoms with van der Waals surface area (Å²) >= 11 is 0. The number of likely N-dealkylation sites (tertiary alicyclic amines) is 1. The van der Waals surface area contributed by atoms with Crippen LogP contribution in [0.1, 0.15) is 25.0 Å². The van der Waals surface area contributed by atoms with Crippen LogP contribution in [0.25, 0.3) is 0 Å². The predicted molar refractivity (Wildman–Crippen MR) is 85.7 cm³/mol. The highest BCUT2D eigenvalue weighted by Crippen LogP contribution is 2.33. The van der Waals surface area contributed by atoms with E-state index in [1.54, 1.807) is 0 Å². The van der Waals surface area contributed by atoms with Gasteiger partial charge in [-0.25, -0.2) is 9.78 Å². The second-order valence-corrected chi connectivity index (χ2v) is 6.45. The van der Waals surface area contributed by atoms with Gasteiger partial charge in [-0.05, 0) is 12.8 Å². The Balaban J connectivity index is 1.54. The molecule has 0 aromatic carbocycles. The highest BCUT2D eigenvalue weighted by atomic mass is 19.4. The third kappa shape index (κ3) is 4.17. The molecule has 7 nitrogen and oxygen atoms in total. The van der Waals surface area contributed by atoms with E-state index in [1.165, 1.54) is 7.11 Å². The number of nitrogens with one attached hydrogen (secondary N) is 2. The first-order chi connectivity index (χ1) is 12.3. The van der Waals surface area contributed by atoms with E-state index in [-0.39, 0.29) is 23.3 Å². The molecule has 2 heterocycles. The standard InChI is InChI=1S/C16H19F3N4O3/c1-26-12-5-13(16(17,18)19)20-7-11(12)22-15(25)21-6-9-4-14(24)23(8-9)10-2-3-10/h5,7,9-10H,2-4,6,8H2,1H3,(H2,21,22,25)/t9-/m1/s1. The predicted octanol–water partition coefficient (Wildman–Crippen LogP) is 2.24. The lowest BCUT2D eigenvalue weighted by molar-refractivity contribution is -0.141. The summed E-state index contributed by atoms with van der Waals surface area (Å²) in [5, 5.41) is 5.05. The molecule has 1 saturated carbocycles. The summed E-state index contributed by atoms with van der Waals surface area (Å²) in [5.41, 5.74) is -1.08. The lowest BCUT2D eigenvalue weighted by Crippen LogP contribution is -2.34. The van der Waals surface area contributed by atoms with Gasteiger partial charge >= 0.3 is 12.2 Å². The van der Waals surface area contributed by atoms with Crippen LogP contribution in [0.5, 0.6) is 5.75 Å². The third-order valence-electron chi connectivity index (χ3n) is 4.40. The fourth-order valence-electron chi connectivity index (χ4n) is 2.94. The molecule has 0 spiro atoms. The Morgan fingerprint density at radius 2 is 2.15 bits per heavy atom. The fourth-order valence-corrected chi connectivity index (χ4v) is 2.94. The average Bonchev–Trinajstić information content (AvgIpc) is 3.35. The normalized spacial score (nSPS) is 20.2. The number of urea groups is 1. The minimum absolute atomic E-state index is 0.0279. The molecule has 1 aliphatic carbocycles. The van der Waals surface area contributed by atoms with E-state index in [9.17, 15) is 22.8 Å². The molecule has 2 aliphatic rings. The van der Waals surface area contributed by atoms with Gasteiger partial charge in [-0.2, -0.15) is 13.2 Å². The Labute approximate surface area is 147 Å². The Kier molecular flexibility index (Phi) is 4.92. The SMILES string of the molecule is COc1cc(C(F)(F)F)ncc1NC(=O)NC[C@H]1CC(=O)N(C2CC2)C1. The minimum Gasteiger partial charge on any atom is -0.494 e. The van der Waals surface area contributed by atoms with Gasteiger partial charge in [-0.3, -0.25) is 4.79 Å². The Hall–Kier alpha value is -2.52. The number of rotatable bonds is 5. The molecule has 3 amide bonds. The van der Waals surface area contributed by atoms with Crippen LogP contribution >= 0.6 is 0 Å². The zero-order valence-corrected chi connectivity index (χ0v) is 14.1. The van der Waals surface area contributed by atoms with Crippen molar-refractivity contribution in [1.82, 2.24) is 15.2 Å². The minimum atomic E-state index is -4.60. The third-order valence-corrected chi connectivity index (χ3v) is 4.40. The van der Waals surface area contributed by atoms with Crippen LogP contribution in [0, 0.1) is 5.92 Å². The number of halogens is 3. The van der Waals surface area contributed by atoms with E-state index in [1.807, 2.05) is 4.90 Å². The maximum Gasteiger partial charge on any atom is 0.433 e. The molecule has 1 saturated heterocycles. The van der Waals surface area contributed by atoms with Crippen LogP contribution in [-0.4, -0.2) is 48.1 Å². The molecule has 1 aromatic rings. The van der Waals surface area contributed by atoms with E-state index < -0.39 is 17.9 Å². The molecule has 26 heavy (non-hydrogen) atoms. The van der Waals surface area contributed by atoms with E-state index in [0.717, 1.165) is 25.1 Å². The van der Waals surface area contributed by atoms with Gasteiger partial charge in [0.15, 0.2) is 0 Å². The molecule has 2 fully saturated rings. The Bertz CT molecular complexity index is 706. The summed E-state index contributed by atoms with van der Waals surface area (Å²) in [6.07, 6.45) is -1.24. The van der Waals surface area contributed by atoms with Crippen molar-refractivity contribution < 1.29 is 27.5 Å². The zero-order valence-electron chi connectivity index (χ0n) is 14.1. The number of pyridine rings is 1. The van der Waals surface area contributed by atoms with Gasteiger partial charge in [-0.1, -0.05) is 0 Å². The molecule has 1 aromatic heterocycles. The second-order valence-electron chi connectivity index (χ2n) is 6.45. The topological polar surface area (TPSA) is 83.6 Å². The summed E-state index contributed by atoms with van der Waals surface area (Å²) in [6.45, 7) is 0.923. The number of hydrogen-bond donors (Lipinski definition) is 2. The van der Waals surface area contributed by atoms with Crippen LogP contribution in [0.3, 0.4) is 0 Å². The first kappa shape index (κ1) is 18.3. The van der Waals surface area contributed by atoms with Gasteiger partial charge in [0.25, 0.3) is 0 Å². The lowest BCUT2D eigenvalue weighted by atomic mass is 10.1. The van der Waals surface area contributed by atoms with Crippen LogP contribution < -0.4 is 15.4 Å². The Morgan fingerprint density at radius 1 is 1.42 bits per heavy atom. The highest BCUT2D eigenvalue weighted by molar-refractivity contribution is 5.90. The van der Waals surface area contributed by atoms with Gasteiger partial charge in [0.05, 0.1) is 13.3 Å². The molecule has 1 aliphatic heterocycles. The number of anilines is 1. The Morgan fingerprint density at radius 3 is 2.77 bits per heavy atom. The molecule has 0 bridgehead atoms. The van der Waals surface area contributed by atoms with E-state index in [0.29, 0.717) is 25.6 Å². The van der Waals surface area contributed by atoms with Crippen molar-refractivity contribution in [2.24, 2.45) is 5.92 Å². The van der Waals surface area contributed by atoms with Crippen LogP contribution in [0.4, 0.5) is 23.7 Å². The summed E-state index contributed by atoms with van der Waals surface area (Å²) in [4.78, 5) is 29.0. The number of amides is 3. The summed E-state index contributed by atoms with van der Waals surface area (Å²) in [5.74, 6) is -0.00628. The van der Waals surface area contributed by atoms with Crippen molar-refractivity contribution in [3.05, 3.63) is 18.0 Å². The molecular weight excluding hydrogens is 353 g/mol. The number of carbonyl (C=O) groups excluding carboxylic acids is 2. The van der Waals surface area contributed by atoms with Crippen molar-refractivity contribution in [1.29, 1.82) is 0 Å². The quantitative estimate of drug-likeness (QED) is 0.830. The monoisotopic (exact) mass is 372 g/mol. The average molecular weight is 372 g/mol. The van der Waals surface area contributed by atoms with Gasteiger partial charge in [0.1, 0.15) is 17.1 Å². The number of ether oxygens (including phenoxy) is 1. The molecule has 3 rings (SSSR count). The highest BCUT2D eigenvalue weighted by Gasteiger charge is 2.39. The number of aromatic nitrogens is 1. The molecule has 10 heteroatoms. The number of methoxy groups -OCH3 is 1. The summed E-state index contributed by atoms with van der Waals surface area (Å²) < 4.78 is 42.9. The first-order valence-electron chi connectivity index (χ1n) is 8.23. The van der Waals surface area contributed by atoms with Crippen LogP contribution in [-0.2, 0) is 11.0 Å².